The van der Waals surface area contributed by atoms with Crippen LogP contribution < -0.4 is 14.9 Å². The maximum Gasteiger partial charge on any atom is 0.264 e. The number of carbonyl (C=O) groups is 1. The van der Waals surface area contributed by atoms with Crippen LogP contribution in [-0.2, 0) is 16.6 Å². The van der Waals surface area contributed by atoms with Crippen molar-refractivity contribution in [1.29, 1.82) is 0 Å². The fourth-order valence-electron chi connectivity index (χ4n) is 8.15. The van der Waals surface area contributed by atoms with Gasteiger partial charge in [-0.1, -0.05) is 71.4 Å². The first-order chi connectivity index (χ1) is 29.7. The fourth-order valence-corrected chi connectivity index (χ4v) is 10.3. The second-order valence-electron chi connectivity index (χ2n) is 15.6. The van der Waals surface area contributed by atoms with Gasteiger partial charge in [-0.2, -0.15) is 5.21 Å². The molecule has 12 nitrogen and oxygen atoms in total. The molecule has 1 amide bonds. The number of aromatic amines is 1. The van der Waals surface area contributed by atoms with Crippen molar-refractivity contribution in [3.63, 3.8) is 0 Å². The molecular weight excluding hydrogens is 826 g/mol. The molecule has 0 aliphatic carbocycles. The number of nitrogens with one attached hydrogen (secondary N) is 3. The number of H-pyrrole nitrogens is 1. The lowest BCUT2D eigenvalue weighted by atomic mass is 9.99. The number of rotatable bonds is 16. The Morgan fingerprint density at radius 1 is 0.902 bits per heavy atom. The van der Waals surface area contributed by atoms with Crippen molar-refractivity contribution in [2.45, 2.75) is 54.6 Å². The van der Waals surface area contributed by atoms with E-state index >= 15 is 0 Å². The topological polar surface area (TPSA) is 139 Å². The molecule has 1 unspecified atom stereocenters. The minimum atomic E-state index is -4.14. The molecule has 6 aromatic rings. The van der Waals surface area contributed by atoms with E-state index in [-0.39, 0.29) is 22.5 Å². The summed E-state index contributed by atoms with van der Waals surface area (Å²) in [6.45, 7) is 7.99. The summed E-state index contributed by atoms with van der Waals surface area (Å²) >= 11 is 7.92. The van der Waals surface area contributed by atoms with Crippen molar-refractivity contribution < 1.29 is 13.2 Å². The average molecular weight is 877 g/mol. The summed E-state index contributed by atoms with van der Waals surface area (Å²) in [6.07, 6.45) is 2.93. The van der Waals surface area contributed by atoms with Gasteiger partial charge in [0.25, 0.3) is 15.9 Å². The number of benzene rings is 5. The van der Waals surface area contributed by atoms with Gasteiger partial charge < -0.3 is 10.2 Å². The van der Waals surface area contributed by atoms with E-state index in [9.17, 15) is 13.2 Å². The molecule has 2 fully saturated rings. The quantitative estimate of drug-likeness (QED) is 0.0814. The number of tetrazole rings is 1. The lowest BCUT2D eigenvalue weighted by Gasteiger charge is -2.36. The normalized spacial score (nSPS) is 16.7. The van der Waals surface area contributed by atoms with E-state index in [2.05, 4.69) is 93.9 Å². The highest BCUT2D eigenvalue weighted by Crippen LogP contribution is 2.31. The number of sulfonamides is 1. The second-order valence-corrected chi connectivity index (χ2v) is 18.8. The van der Waals surface area contributed by atoms with Gasteiger partial charge in [0.1, 0.15) is 0 Å². The number of hydrogen-bond acceptors (Lipinski definition) is 11. The first-order valence-electron chi connectivity index (χ1n) is 20.7. The number of likely N-dealkylation sites (tertiary alicyclic amines) is 1. The molecule has 3 heterocycles. The van der Waals surface area contributed by atoms with Crippen LogP contribution in [0.3, 0.4) is 0 Å². The minimum Gasteiger partial charge on any atom is -0.381 e. The van der Waals surface area contributed by atoms with Crippen LogP contribution in [0, 0.1) is 6.92 Å². The van der Waals surface area contributed by atoms with Gasteiger partial charge in [-0.25, -0.2) is 13.1 Å². The van der Waals surface area contributed by atoms with Crippen LogP contribution in [0.4, 0.5) is 11.4 Å². The molecule has 2 aliphatic heterocycles. The van der Waals surface area contributed by atoms with Crippen LogP contribution in [0.15, 0.2) is 131 Å². The molecule has 0 bridgehead atoms. The number of amides is 1. The molecular formula is C46H50ClN9O3S2. The molecule has 1 aromatic heterocycles. The third-order valence-corrected chi connectivity index (χ3v) is 14.3. The van der Waals surface area contributed by atoms with Gasteiger partial charge >= 0.3 is 0 Å². The Morgan fingerprint density at radius 2 is 1.66 bits per heavy atom. The molecule has 0 spiro atoms. The molecule has 2 atom stereocenters. The van der Waals surface area contributed by atoms with E-state index < -0.39 is 15.9 Å². The Labute approximate surface area is 367 Å². The molecule has 61 heavy (non-hydrogen) atoms. The van der Waals surface area contributed by atoms with Gasteiger partial charge in [-0.05, 0) is 122 Å². The van der Waals surface area contributed by atoms with E-state index in [1.54, 1.807) is 42.1 Å². The van der Waals surface area contributed by atoms with Crippen molar-refractivity contribution in [3.05, 3.63) is 149 Å². The number of anilines is 2. The molecule has 0 saturated carbocycles. The number of carbonyl (C=O) groups excluding carboxylic acids is 1. The largest absolute Gasteiger partial charge is 0.381 e. The summed E-state index contributed by atoms with van der Waals surface area (Å²) in [5.41, 5.74) is 6.52. The van der Waals surface area contributed by atoms with Crippen molar-refractivity contribution >= 4 is 50.7 Å². The summed E-state index contributed by atoms with van der Waals surface area (Å²) in [7, 11) is -4.14. The lowest BCUT2D eigenvalue weighted by molar-refractivity contribution is 0.0981. The summed E-state index contributed by atoms with van der Waals surface area (Å²) in [5, 5.41) is 19.3. The highest BCUT2D eigenvalue weighted by Gasteiger charge is 2.30. The third-order valence-electron chi connectivity index (χ3n) is 11.5. The Hall–Kier alpha value is -5.25. The van der Waals surface area contributed by atoms with E-state index in [1.165, 1.54) is 16.0 Å². The Balaban J connectivity index is 0.858. The van der Waals surface area contributed by atoms with Gasteiger partial charge in [0.05, 0.1) is 10.9 Å². The summed E-state index contributed by atoms with van der Waals surface area (Å²) in [4.78, 5) is 21.7. The predicted molar refractivity (Wildman–Crippen MR) is 244 cm³/mol. The molecule has 2 aliphatic rings. The lowest BCUT2D eigenvalue weighted by Crippen LogP contribution is -2.46. The average Bonchev–Trinajstić information content (AvgIpc) is 3.99. The SMILES string of the molecule is Cc1cc(S(=O)(=O)NC(=O)c2ccc(N3CCN(Cc4ccccc4-c4ccc(Cl)cc4)CC3)cc2)ccc1N[C@H](CCN1CCCC1c1nn[nH]n1)CSc1ccccc1. The number of nitrogens with zero attached hydrogens (tertiary/aromatic N) is 6. The van der Waals surface area contributed by atoms with E-state index in [1.807, 2.05) is 49.4 Å². The minimum absolute atomic E-state index is 0.0319. The number of hydrogen-bond donors (Lipinski definition) is 3. The summed E-state index contributed by atoms with van der Waals surface area (Å²) in [5.74, 6) is 0.873. The zero-order valence-corrected chi connectivity index (χ0v) is 36.5. The van der Waals surface area contributed by atoms with Crippen LogP contribution in [0.1, 0.15) is 52.6 Å². The number of halogens is 1. The van der Waals surface area contributed by atoms with Gasteiger partial charge in [0.2, 0.25) is 0 Å². The molecule has 3 N–H and O–H groups in total. The van der Waals surface area contributed by atoms with Gasteiger partial charge in [-0.15, -0.1) is 22.0 Å². The molecule has 316 valence electrons. The monoisotopic (exact) mass is 875 g/mol. The number of thioether (sulfide) groups is 1. The van der Waals surface area contributed by atoms with E-state index in [4.69, 9.17) is 11.6 Å². The van der Waals surface area contributed by atoms with E-state index in [0.29, 0.717) is 0 Å². The third kappa shape index (κ3) is 10.8. The first-order valence-corrected chi connectivity index (χ1v) is 23.5. The Kier molecular flexibility index (Phi) is 13.7. The Bertz CT molecular complexity index is 2480. The Morgan fingerprint density at radius 3 is 2.39 bits per heavy atom. The molecule has 2 saturated heterocycles. The van der Waals surface area contributed by atoms with Gasteiger partial charge in [0, 0.05) is 77.9 Å². The van der Waals surface area contributed by atoms with Crippen LogP contribution in [0.5, 0.6) is 0 Å². The first kappa shape index (κ1) is 42.4. The number of piperazine rings is 1. The zero-order chi connectivity index (χ0) is 42.2. The van der Waals surface area contributed by atoms with Crippen molar-refractivity contribution in [2.75, 3.05) is 55.2 Å². The smallest absolute Gasteiger partial charge is 0.264 e. The summed E-state index contributed by atoms with van der Waals surface area (Å²) < 4.78 is 29.4. The van der Waals surface area contributed by atoms with Crippen LogP contribution in [-0.4, -0.2) is 95.8 Å². The van der Waals surface area contributed by atoms with Crippen molar-refractivity contribution in [3.8, 4) is 11.1 Å². The maximum absolute atomic E-state index is 13.5. The second kappa shape index (κ2) is 19.6. The standard InChI is InChI=1S/C46H50ClN9O3S2/c1-33-30-41(21-22-43(33)48-38(32-60-40-9-3-2-4-10-40)23-25-56-24-7-12-44(56)45-49-52-53-50-45)61(58,59)51-46(57)35-15-19-39(20-16-35)55-28-26-54(27-29-55)31-36-8-5-6-11-42(36)34-13-17-37(47)18-14-34/h2-6,8-11,13-22,30,38,44,48H,7,12,23-29,31-32H2,1H3,(H,51,57)(H,49,50,52,53)/t38-,44?/m1/s1. The maximum atomic E-state index is 13.5. The highest BCUT2D eigenvalue weighted by molar-refractivity contribution is 7.99. The highest BCUT2D eigenvalue weighted by atomic mass is 35.5. The van der Waals surface area contributed by atoms with Crippen LogP contribution in [0.25, 0.3) is 11.1 Å². The fraction of sp³-hybridized carbons (Fsp3) is 0.304. The molecule has 0 radical (unpaired) electrons. The van der Waals surface area contributed by atoms with Crippen LogP contribution >= 0.6 is 23.4 Å². The number of aromatic nitrogens is 4. The van der Waals surface area contributed by atoms with Gasteiger partial charge in [-0.3, -0.25) is 14.6 Å². The molecule has 5 aromatic carbocycles. The van der Waals surface area contributed by atoms with Crippen molar-refractivity contribution in [2.24, 2.45) is 0 Å². The molecule has 15 heteroatoms. The van der Waals surface area contributed by atoms with Crippen LogP contribution in [0.2, 0.25) is 5.02 Å². The van der Waals surface area contributed by atoms with Crippen molar-refractivity contribution in [1.82, 2.24) is 35.1 Å². The van der Waals surface area contributed by atoms with E-state index in [0.717, 1.165) is 104 Å². The predicted octanol–water partition coefficient (Wildman–Crippen LogP) is 8.07. The zero-order valence-electron chi connectivity index (χ0n) is 34.1. The summed E-state index contributed by atoms with van der Waals surface area (Å²) in [6, 6.07) is 39.1. The molecule has 8 rings (SSSR count). The van der Waals surface area contributed by atoms with Gasteiger partial charge in [0.15, 0.2) is 5.82 Å². The number of aryl methyl sites for hydroxylation is 1.